The number of allylic oxidation sites excluding steroid dienone is 1. The minimum Gasteiger partial charge on any atom is -0.358 e. The van der Waals surface area contributed by atoms with Gasteiger partial charge >= 0.3 is 23.1 Å². The average Bonchev–Trinajstić information content (AvgIpc) is 1.37. The fourth-order valence-corrected chi connectivity index (χ4v) is 0. The molecule has 0 spiro atoms. The van der Waals surface area contributed by atoms with Crippen molar-refractivity contribution >= 4 is 23.1 Å². The van der Waals surface area contributed by atoms with Crippen LogP contribution >= 0.6 is 0 Å². The second kappa shape index (κ2) is 17.8. The van der Waals surface area contributed by atoms with E-state index in [1.807, 2.05) is 0 Å². The van der Waals surface area contributed by atoms with E-state index < -0.39 is 0 Å². The van der Waals surface area contributed by atoms with Crippen molar-refractivity contribution in [2.24, 2.45) is 0 Å². The third-order valence-corrected chi connectivity index (χ3v) is 0.204. The predicted octanol–water partition coefficient (Wildman–Crippen LogP) is 1.47. The fourth-order valence-electron chi connectivity index (χ4n) is 0. The van der Waals surface area contributed by atoms with E-state index in [-0.39, 0.29) is 30.5 Å². The van der Waals surface area contributed by atoms with Crippen LogP contribution in [0, 0.1) is 14.4 Å². The molecule has 0 atom stereocenters. The second-order valence-corrected chi connectivity index (χ2v) is 0.577. The Bertz CT molecular complexity index is 17.9. The summed E-state index contributed by atoms with van der Waals surface area (Å²) in [7, 11) is 0. The Morgan fingerprint density at radius 1 is 1.67 bits per heavy atom. The zero-order chi connectivity index (χ0) is 3.41. The SMILES string of the molecule is C=CC[CH2-].[CH3-].[Mg+2]. The molecule has 0 radical (unpaired) electrons. The standard InChI is InChI=1S/C4H7.CH3.Mg/c1-3-4-2;;/h3H,1-2,4H2;1H3;/q2*-1;+2. The molecule has 0 amide bonds. The van der Waals surface area contributed by atoms with Crippen molar-refractivity contribution in [2.45, 2.75) is 6.42 Å². The van der Waals surface area contributed by atoms with Crippen LogP contribution in [0.3, 0.4) is 0 Å². The minimum atomic E-state index is 0. The first-order chi connectivity index (χ1) is 1.91. The molecule has 6 heavy (non-hydrogen) atoms. The minimum absolute atomic E-state index is 0. The number of hydrogen-bond acceptors (Lipinski definition) is 0. The first-order valence-corrected chi connectivity index (χ1v) is 1.32. The van der Waals surface area contributed by atoms with Gasteiger partial charge in [0, 0.05) is 0 Å². The maximum atomic E-state index is 3.49. The zero-order valence-electron chi connectivity index (χ0n) is 4.41. The van der Waals surface area contributed by atoms with E-state index in [2.05, 4.69) is 13.5 Å². The molecule has 0 aromatic heterocycles. The Balaban J connectivity index is -0.0000000450. The van der Waals surface area contributed by atoms with Gasteiger partial charge in [-0.3, -0.25) is 0 Å². The number of rotatable bonds is 1. The molecule has 0 N–H and O–H groups in total. The Labute approximate surface area is 56.8 Å². The van der Waals surface area contributed by atoms with Crippen molar-refractivity contribution in [1.82, 2.24) is 0 Å². The van der Waals surface area contributed by atoms with E-state index in [9.17, 15) is 0 Å². The smallest absolute Gasteiger partial charge is 0.358 e. The van der Waals surface area contributed by atoms with Crippen LogP contribution in [0.4, 0.5) is 0 Å². The third kappa shape index (κ3) is 24.4. The molecule has 0 aliphatic heterocycles. The van der Waals surface area contributed by atoms with E-state index in [4.69, 9.17) is 0 Å². The van der Waals surface area contributed by atoms with E-state index in [0.717, 1.165) is 6.42 Å². The molecule has 0 aliphatic rings. The molecule has 0 saturated heterocycles. The number of hydrogen-bond donors (Lipinski definition) is 0. The zero-order valence-corrected chi connectivity index (χ0v) is 5.82. The van der Waals surface area contributed by atoms with Crippen LogP contribution in [0.1, 0.15) is 6.42 Å². The first-order valence-electron chi connectivity index (χ1n) is 1.32. The van der Waals surface area contributed by atoms with Gasteiger partial charge in [-0.1, -0.05) is 0 Å². The quantitative estimate of drug-likeness (QED) is 0.262. The van der Waals surface area contributed by atoms with E-state index in [0.29, 0.717) is 0 Å². The van der Waals surface area contributed by atoms with Crippen LogP contribution < -0.4 is 0 Å². The molecular formula is C5H10Mg. The normalized spacial score (nSPS) is 4.17. The molecule has 0 unspecified atom stereocenters. The van der Waals surface area contributed by atoms with E-state index in [1.165, 1.54) is 0 Å². The summed E-state index contributed by atoms with van der Waals surface area (Å²) in [6.45, 7) is 6.90. The van der Waals surface area contributed by atoms with E-state index >= 15 is 0 Å². The van der Waals surface area contributed by atoms with Crippen molar-refractivity contribution in [3.8, 4) is 0 Å². The van der Waals surface area contributed by atoms with Gasteiger partial charge in [0.1, 0.15) is 0 Å². The van der Waals surface area contributed by atoms with Crippen LogP contribution in [-0.4, -0.2) is 23.1 Å². The molecule has 0 rings (SSSR count). The molecule has 0 fully saturated rings. The van der Waals surface area contributed by atoms with Crippen LogP contribution in [0.5, 0.6) is 0 Å². The average molecular weight is 94.4 g/mol. The summed E-state index contributed by atoms with van der Waals surface area (Å²) in [6.07, 6.45) is 2.60. The Morgan fingerprint density at radius 3 is 1.83 bits per heavy atom. The maximum Gasteiger partial charge on any atom is 2.00 e. The monoisotopic (exact) mass is 94.1 g/mol. The van der Waals surface area contributed by atoms with Gasteiger partial charge in [0.25, 0.3) is 0 Å². The van der Waals surface area contributed by atoms with Crippen molar-refractivity contribution in [3.05, 3.63) is 27.0 Å². The predicted molar refractivity (Wildman–Crippen MR) is 32.3 cm³/mol. The summed E-state index contributed by atoms with van der Waals surface area (Å²) >= 11 is 0. The Morgan fingerprint density at radius 2 is 1.83 bits per heavy atom. The summed E-state index contributed by atoms with van der Waals surface area (Å²) in [4.78, 5) is 0. The summed E-state index contributed by atoms with van der Waals surface area (Å²) in [5.41, 5.74) is 0. The molecular weight excluding hydrogens is 84.4 g/mol. The molecule has 0 heterocycles. The molecule has 0 nitrogen and oxygen atoms in total. The molecule has 0 aliphatic carbocycles. The van der Waals surface area contributed by atoms with Gasteiger partial charge in [0.05, 0.1) is 0 Å². The van der Waals surface area contributed by atoms with Crippen LogP contribution in [-0.2, 0) is 0 Å². The fraction of sp³-hybridized carbons (Fsp3) is 0.200. The second-order valence-electron chi connectivity index (χ2n) is 0.577. The van der Waals surface area contributed by atoms with Gasteiger partial charge in [-0.2, -0.15) is 6.42 Å². The topological polar surface area (TPSA) is 0 Å². The van der Waals surface area contributed by atoms with Gasteiger partial charge < -0.3 is 14.4 Å². The van der Waals surface area contributed by atoms with Gasteiger partial charge in [0.2, 0.25) is 0 Å². The van der Waals surface area contributed by atoms with Crippen molar-refractivity contribution in [1.29, 1.82) is 0 Å². The third-order valence-electron chi connectivity index (χ3n) is 0.204. The van der Waals surface area contributed by atoms with Gasteiger partial charge in [-0.05, 0) is 0 Å². The van der Waals surface area contributed by atoms with Gasteiger partial charge in [0.15, 0.2) is 0 Å². The van der Waals surface area contributed by atoms with Crippen LogP contribution in [0.15, 0.2) is 12.7 Å². The van der Waals surface area contributed by atoms with Crippen LogP contribution in [0.25, 0.3) is 0 Å². The molecule has 0 saturated carbocycles. The molecule has 0 aromatic carbocycles. The van der Waals surface area contributed by atoms with E-state index in [1.54, 1.807) is 6.08 Å². The first kappa shape index (κ1) is 16.0. The summed E-state index contributed by atoms with van der Waals surface area (Å²) in [5, 5.41) is 0. The van der Waals surface area contributed by atoms with Crippen LogP contribution in [0.2, 0.25) is 0 Å². The maximum absolute atomic E-state index is 3.49. The van der Waals surface area contributed by atoms with Gasteiger partial charge in [-0.25, -0.2) is 0 Å². The summed E-state index contributed by atoms with van der Waals surface area (Å²) in [6, 6.07) is 0. The molecule has 32 valence electrons. The van der Waals surface area contributed by atoms with Crippen molar-refractivity contribution < 1.29 is 0 Å². The summed E-state index contributed by atoms with van der Waals surface area (Å²) < 4.78 is 0. The summed E-state index contributed by atoms with van der Waals surface area (Å²) in [5.74, 6) is 0. The largest absolute Gasteiger partial charge is 2.00 e. The molecule has 0 bridgehead atoms. The van der Waals surface area contributed by atoms with Crippen molar-refractivity contribution in [2.75, 3.05) is 0 Å². The van der Waals surface area contributed by atoms with Gasteiger partial charge in [-0.15, -0.1) is 12.7 Å². The molecule has 1 heteroatoms. The molecule has 0 aromatic rings. The van der Waals surface area contributed by atoms with Crippen molar-refractivity contribution in [3.63, 3.8) is 0 Å². The Hall–Kier alpha value is 0.506. The Kier molecular flexibility index (Phi) is 47.6.